The highest BCUT2D eigenvalue weighted by molar-refractivity contribution is 7.89. The van der Waals surface area contributed by atoms with Gasteiger partial charge in [-0.25, -0.2) is 8.42 Å². The molecule has 2 aromatic rings. The average molecular weight is 407 g/mol. The van der Waals surface area contributed by atoms with E-state index in [2.05, 4.69) is 11.4 Å². The molecule has 0 bridgehead atoms. The van der Waals surface area contributed by atoms with Crippen LogP contribution in [0.15, 0.2) is 40.6 Å². The number of ether oxygens (including phenoxy) is 1. The molecule has 0 spiro atoms. The quantitative estimate of drug-likeness (QED) is 0.827. The monoisotopic (exact) mass is 406 g/mol. The van der Waals surface area contributed by atoms with Crippen molar-refractivity contribution in [2.24, 2.45) is 0 Å². The molecule has 1 fully saturated rings. The Morgan fingerprint density at radius 2 is 2.15 bits per heavy atom. The number of carbonyl (C=O) groups excluding carboxylic acids is 1. The number of rotatable bonds is 5. The minimum atomic E-state index is -3.62. The Labute approximate surface area is 163 Å². The van der Waals surface area contributed by atoms with Crippen LogP contribution in [-0.2, 0) is 21.2 Å². The van der Waals surface area contributed by atoms with E-state index in [0.29, 0.717) is 18.0 Å². The molecule has 144 valence electrons. The number of nitrogens with one attached hydrogen (secondary N) is 1. The van der Waals surface area contributed by atoms with Gasteiger partial charge < -0.3 is 10.1 Å². The number of fused-ring (bicyclic) bond motifs is 1. The number of hydrogen-bond donors (Lipinski definition) is 1. The van der Waals surface area contributed by atoms with Crippen molar-refractivity contribution in [1.29, 1.82) is 0 Å². The SMILES string of the molecule is O=C1COc2ccc(S(=O)(=O)N3CCCCC3CCc3cccs3)cc2N1. The largest absolute Gasteiger partial charge is 0.482 e. The molecule has 1 atom stereocenters. The number of piperidine rings is 1. The number of thiophene rings is 1. The van der Waals surface area contributed by atoms with Crippen molar-refractivity contribution < 1.29 is 17.9 Å². The molecule has 3 heterocycles. The molecule has 1 unspecified atom stereocenters. The van der Waals surface area contributed by atoms with E-state index in [1.807, 2.05) is 11.4 Å². The lowest BCUT2D eigenvalue weighted by Crippen LogP contribution is -2.43. The average Bonchev–Trinajstić information content (AvgIpc) is 3.19. The molecule has 1 aromatic heterocycles. The molecule has 2 aliphatic rings. The lowest BCUT2D eigenvalue weighted by atomic mass is 10.0. The number of aryl methyl sites for hydroxylation is 1. The van der Waals surface area contributed by atoms with E-state index < -0.39 is 10.0 Å². The zero-order chi connectivity index (χ0) is 18.9. The van der Waals surface area contributed by atoms with Crippen LogP contribution in [0.2, 0.25) is 0 Å². The van der Waals surface area contributed by atoms with Crippen molar-refractivity contribution in [3.63, 3.8) is 0 Å². The summed E-state index contributed by atoms with van der Waals surface area (Å²) in [5, 5.41) is 4.73. The summed E-state index contributed by atoms with van der Waals surface area (Å²) in [4.78, 5) is 13.0. The molecule has 0 radical (unpaired) electrons. The van der Waals surface area contributed by atoms with Crippen LogP contribution in [0.1, 0.15) is 30.6 Å². The maximum Gasteiger partial charge on any atom is 0.262 e. The normalized spacial score (nSPS) is 20.6. The second kappa shape index (κ2) is 7.61. The molecule has 1 saturated heterocycles. The van der Waals surface area contributed by atoms with Gasteiger partial charge in [-0.1, -0.05) is 12.5 Å². The van der Waals surface area contributed by atoms with Gasteiger partial charge in [-0.3, -0.25) is 4.79 Å². The number of hydrogen-bond acceptors (Lipinski definition) is 5. The number of benzene rings is 1. The predicted molar refractivity (Wildman–Crippen MR) is 105 cm³/mol. The summed E-state index contributed by atoms with van der Waals surface area (Å²) in [5.74, 6) is 0.227. The molecule has 1 aromatic carbocycles. The van der Waals surface area contributed by atoms with Crippen molar-refractivity contribution in [1.82, 2.24) is 4.31 Å². The summed E-state index contributed by atoms with van der Waals surface area (Å²) >= 11 is 1.71. The lowest BCUT2D eigenvalue weighted by molar-refractivity contribution is -0.118. The molecule has 4 rings (SSSR count). The third kappa shape index (κ3) is 3.88. The van der Waals surface area contributed by atoms with Crippen LogP contribution < -0.4 is 10.1 Å². The zero-order valence-corrected chi connectivity index (χ0v) is 16.5. The topological polar surface area (TPSA) is 75.7 Å². The first-order chi connectivity index (χ1) is 13.0. The third-order valence-electron chi connectivity index (χ3n) is 5.07. The van der Waals surface area contributed by atoms with Crippen LogP contribution in [-0.4, -0.2) is 37.8 Å². The number of sulfonamides is 1. The van der Waals surface area contributed by atoms with Gasteiger partial charge >= 0.3 is 0 Å². The van der Waals surface area contributed by atoms with E-state index in [1.54, 1.807) is 27.8 Å². The zero-order valence-electron chi connectivity index (χ0n) is 14.9. The van der Waals surface area contributed by atoms with Gasteiger partial charge in [0.2, 0.25) is 10.0 Å². The fourth-order valence-electron chi connectivity index (χ4n) is 3.70. The van der Waals surface area contributed by atoms with Crippen LogP contribution >= 0.6 is 11.3 Å². The van der Waals surface area contributed by atoms with Gasteiger partial charge in [0.25, 0.3) is 5.91 Å². The first-order valence-corrected chi connectivity index (χ1v) is 11.5. The molecule has 0 saturated carbocycles. The molecular weight excluding hydrogens is 384 g/mol. The van der Waals surface area contributed by atoms with Gasteiger partial charge in [0.1, 0.15) is 5.75 Å². The maximum absolute atomic E-state index is 13.3. The predicted octanol–water partition coefficient (Wildman–Crippen LogP) is 3.26. The van der Waals surface area contributed by atoms with Crippen molar-refractivity contribution in [2.75, 3.05) is 18.5 Å². The smallest absolute Gasteiger partial charge is 0.262 e. The molecular formula is C19H22N2O4S2. The van der Waals surface area contributed by atoms with Gasteiger partial charge in [0.15, 0.2) is 6.61 Å². The fraction of sp³-hybridized carbons (Fsp3) is 0.421. The van der Waals surface area contributed by atoms with Crippen molar-refractivity contribution in [2.45, 2.75) is 43.0 Å². The minimum Gasteiger partial charge on any atom is -0.482 e. The van der Waals surface area contributed by atoms with E-state index in [-0.39, 0.29) is 23.5 Å². The van der Waals surface area contributed by atoms with Crippen molar-refractivity contribution in [3.05, 3.63) is 40.6 Å². The Balaban J connectivity index is 1.57. The van der Waals surface area contributed by atoms with E-state index in [9.17, 15) is 13.2 Å². The van der Waals surface area contributed by atoms with Gasteiger partial charge in [-0.2, -0.15) is 4.31 Å². The highest BCUT2D eigenvalue weighted by atomic mass is 32.2. The highest BCUT2D eigenvalue weighted by Gasteiger charge is 2.34. The minimum absolute atomic E-state index is 0.00715. The lowest BCUT2D eigenvalue weighted by Gasteiger charge is -2.35. The van der Waals surface area contributed by atoms with Crippen molar-refractivity contribution in [3.8, 4) is 5.75 Å². The first-order valence-electron chi connectivity index (χ1n) is 9.15. The first kappa shape index (κ1) is 18.5. The Hall–Kier alpha value is -1.90. The van der Waals surface area contributed by atoms with E-state index in [0.717, 1.165) is 32.1 Å². The molecule has 6 nitrogen and oxygen atoms in total. The summed E-state index contributed by atoms with van der Waals surface area (Å²) < 4.78 is 33.6. The summed E-state index contributed by atoms with van der Waals surface area (Å²) in [6, 6.07) is 8.82. The van der Waals surface area contributed by atoms with Crippen LogP contribution in [0.25, 0.3) is 0 Å². The van der Waals surface area contributed by atoms with Gasteiger partial charge in [-0.05, 0) is 55.3 Å². The molecule has 1 amide bonds. The Morgan fingerprint density at radius 1 is 1.26 bits per heavy atom. The summed E-state index contributed by atoms with van der Waals surface area (Å²) in [6.45, 7) is 0.493. The Kier molecular flexibility index (Phi) is 5.21. The standard InChI is InChI=1S/C19H22N2O4S2/c22-19-13-25-18-9-8-16(12-17(18)20-19)27(23,24)21-10-2-1-4-14(21)6-7-15-5-3-11-26-15/h3,5,8-9,11-12,14H,1-2,4,6-7,10,13H2,(H,20,22). The summed E-state index contributed by atoms with van der Waals surface area (Å²) in [6.07, 6.45) is 4.52. The van der Waals surface area contributed by atoms with E-state index >= 15 is 0 Å². The third-order valence-corrected chi connectivity index (χ3v) is 7.95. The molecule has 1 N–H and O–H groups in total. The van der Waals surface area contributed by atoms with Crippen LogP contribution in [0.3, 0.4) is 0 Å². The summed E-state index contributed by atoms with van der Waals surface area (Å²) in [5.41, 5.74) is 0.416. The van der Waals surface area contributed by atoms with E-state index in [4.69, 9.17) is 4.74 Å². The molecule has 2 aliphatic heterocycles. The van der Waals surface area contributed by atoms with Crippen molar-refractivity contribution >= 4 is 33.0 Å². The van der Waals surface area contributed by atoms with E-state index in [1.165, 1.54) is 10.9 Å². The number of amides is 1. The summed E-state index contributed by atoms with van der Waals surface area (Å²) in [7, 11) is -3.62. The number of anilines is 1. The number of carbonyl (C=O) groups is 1. The maximum atomic E-state index is 13.3. The van der Waals surface area contributed by atoms with Gasteiger partial charge in [0, 0.05) is 17.5 Å². The Morgan fingerprint density at radius 3 is 2.96 bits per heavy atom. The highest BCUT2D eigenvalue weighted by Crippen LogP contribution is 2.33. The number of nitrogens with zero attached hydrogens (tertiary/aromatic N) is 1. The van der Waals surface area contributed by atoms with Crippen LogP contribution in [0.5, 0.6) is 5.75 Å². The molecule has 8 heteroatoms. The molecule has 0 aliphatic carbocycles. The van der Waals surface area contributed by atoms with Gasteiger partial charge in [-0.15, -0.1) is 11.3 Å². The Bertz CT molecular complexity index is 925. The van der Waals surface area contributed by atoms with Crippen LogP contribution in [0, 0.1) is 0 Å². The van der Waals surface area contributed by atoms with Crippen LogP contribution in [0.4, 0.5) is 5.69 Å². The van der Waals surface area contributed by atoms with Gasteiger partial charge in [0.05, 0.1) is 10.6 Å². The second-order valence-electron chi connectivity index (χ2n) is 6.88. The fourth-order valence-corrected chi connectivity index (χ4v) is 6.18. The second-order valence-corrected chi connectivity index (χ2v) is 9.80. The molecule has 27 heavy (non-hydrogen) atoms.